The molecule has 0 aliphatic carbocycles. The number of nitrogens with zero attached hydrogens (tertiary/aromatic N) is 3. The Morgan fingerprint density at radius 2 is 2.48 bits per heavy atom. The Morgan fingerprint density at radius 1 is 1.67 bits per heavy atom. The average Bonchev–Trinajstić information content (AvgIpc) is 3.03. The van der Waals surface area contributed by atoms with Gasteiger partial charge in [0.1, 0.15) is 11.2 Å². The topological polar surface area (TPSA) is 86.0 Å². The van der Waals surface area contributed by atoms with E-state index in [1.807, 2.05) is 0 Å². The number of hydrogen-bond acceptors (Lipinski definition) is 5. The maximum atomic E-state index is 11.6. The van der Waals surface area contributed by atoms with Crippen LogP contribution in [0.5, 0.6) is 0 Å². The first-order chi connectivity index (χ1) is 10.1. The van der Waals surface area contributed by atoms with Gasteiger partial charge in [0.2, 0.25) is 0 Å². The Labute approximate surface area is 125 Å². The SMILES string of the molecule is COCC1(c2c(C(=O)O)cnc3cc(Cl)nn23)CCCO1. The highest BCUT2D eigenvalue weighted by Gasteiger charge is 2.43. The molecule has 8 heteroatoms. The molecule has 1 aliphatic heterocycles. The molecule has 2 aromatic rings. The molecule has 0 bridgehead atoms. The lowest BCUT2D eigenvalue weighted by molar-refractivity contribution is -0.0608. The average molecular weight is 312 g/mol. The second-order valence-corrected chi connectivity index (χ2v) is 5.33. The van der Waals surface area contributed by atoms with E-state index >= 15 is 0 Å². The van der Waals surface area contributed by atoms with Gasteiger partial charge in [-0.05, 0) is 12.8 Å². The molecule has 3 rings (SSSR count). The van der Waals surface area contributed by atoms with Crippen molar-refractivity contribution >= 4 is 23.2 Å². The predicted octanol–water partition coefficient (Wildman–Crippen LogP) is 1.73. The molecule has 1 saturated heterocycles. The minimum Gasteiger partial charge on any atom is -0.478 e. The van der Waals surface area contributed by atoms with Gasteiger partial charge in [0.05, 0.1) is 12.3 Å². The maximum absolute atomic E-state index is 11.6. The Morgan fingerprint density at radius 3 is 3.10 bits per heavy atom. The summed E-state index contributed by atoms with van der Waals surface area (Å²) in [6.07, 6.45) is 2.78. The third-order valence-electron chi connectivity index (χ3n) is 3.60. The number of aromatic carboxylic acids is 1. The van der Waals surface area contributed by atoms with Crippen molar-refractivity contribution < 1.29 is 19.4 Å². The second-order valence-electron chi connectivity index (χ2n) is 4.94. The van der Waals surface area contributed by atoms with Gasteiger partial charge in [-0.3, -0.25) is 0 Å². The maximum Gasteiger partial charge on any atom is 0.339 e. The van der Waals surface area contributed by atoms with Gasteiger partial charge in [-0.2, -0.15) is 5.10 Å². The van der Waals surface area contributed by atoms with Gasteiger partial charge in [0.25, 0.3) is 0 Å². The van der Waals surface area contributed by atoms with E-state index < -0.39 is 11.6 Å². The smallest absolute Gasteiger partial charge is 0.339 e. The van der Waals surface area contributed by atoms with Crippen LogP contribution in [-0.2, 0) is 15.1 Å². The molecular weight excluding hydrogens is 298 g/mol. The summed E-state index contributed by atoms with van der Waals surface area (Å²) in [6, 6.07) is 1.58. The van der Waals surface area contributed by atoms with Crippen molar-refractivity contribution in [2.45, 2.75) is 18.4 Å². The zero-order chi connectivity index (χ0) is 15.0. The van der Waals surface area contributed by atoms with E-state index in [1.54, 1.807) is 13.2 Å². The summed E-state index contributed by atoms with van der Waals surface area (Å²) < 4.78 is 12.6. The van der Waals surface area contributed by atoms with Crippen molar-refractivity contribution in [3.05, 3.63) is 28.7 Å². The van der Waals surface area contributed by atoms with Gasteiger partial charge in [-0.15, -0.1) is 0 Å². The number of fused-ring (bicyclic) bond motifs is 1. The molecule has 1 atom stereocenters. The zero-order valence-corrected chi connectivity index (χ0v) is 12.1. The van der Waals surface area contributed by atoms with Crippen LogP contribution in [-0.4, -0.2) is 46.0 Å². The minimum absolute atomic E-state index is 0.0428. The normalized spacial score (nSPS) is 22.0. The molecule has 112 valence electrons. The van der Waals surface area contributed by atoms with Crippen molar-refractivity contribution in [1.82, 2.24) is 14.6 Å². The van der Waals surface area contributed by atoms with Crippen LogP contribution >= 0.6 is 11.6 Å². The number of methoxy groups -OCH3 is 1. The Hall–Kier alpha value is -1.70. The van der Waals surface area contributed by atoms with Crippen LogP contribution in [0.3, 0.4) is 0 Å². The predicted molar refractivity (Wildman–Crippen MR) is 73.7 cm³/mol. The first-order valence-corrected chi connectivity index (χ1v) is 6.86. The van der Waals surface area contributed by atoms with Gasteiger partial charge in [0.15, 0.2) is 10.8 Å². The summed E-state index contributed by atoms with van der Waals surface area (Å²) in [6.45, 7) is 0.783. The molecule has 0 radical (unpaired) electrons. The fourth-order valence-electron chi connectivity index (χ4n) is 2.80. The summed E-state index contributed by atoms with van der Waals surface area (Å²) in [5.41, 5.74) is 0.0948. The molecule has 7 nitrogen and oxygen atoms in total. The van der Waals surface area contributed by atoms with Gasteiger partial charge in [-0.25, -0.2) is 14.3 Å². The van der Waals surface area contributed by atoms with Crippen molar-refractivity contribution in [2.24, 2.45) is 0 Å². The largest absolute Gasteiger partial charge is 0.478 e. The summed E-state index contributed by atoms with van der Waals surface area (Å²) in [5, 5.41) is 13.9. The van der Waals surface area contributed by atoms with E-state index in [1.165, 1.54) is 10.7 Å². The third-order valence-corrected chi connectivity index (χ3v) is 3.78. The van der Waals surface area contributed by atoms with Gasteiger partial charge >= 0.3 is 5.97 Å². The summed E-state index contributed by atoms with van der Waals surface area (Å²) in [4.78, 5) is 15.7. The molecule has 21 heavy (non-hydrogen) atoms. The molecule has 3 heterocycles. The van der Waals surface area contributed by atoms with Crippen LogP contribution in [0.25, 0.3) is 5.65 Å². The molecular formula is C13H14ClN3O4. The van der Waals surface area contributed by atoms with Crippen molar-refractivity contribution in [3.63, 3.8) is 0 Å². The number of ether oxygens (including phenoxy) is 2. The van der Waals surface area contributed by atoms with Crippen molar-refractivity contribution in [1.29, 1.82) is 0 Å². The van der Waals surface area contributed by atoms with Crippen molar-refractivity contribution in [2.75, 3.05) is 20.3 Å². The fraction of sp³-hybridized carbons (Fsp3) is 0.462. The van der Waals surface area contributed by atoms with E-state index in [9.17, 15) is 9.90 Å². The number of rotatable bonds is 4. The number of carbonyl (C=O) groups is 1. The Kier molecular flexibility index (Phi) is 3.56. The Bertz CT molecular complexity index is 694. The third kappa shape index (κ3) is 2.27. The lowest BCUT2D eigenvalue weighted by Crippen LogP contribution is -2.35. The molecule has 1 N–H and O–H groups in total. The molecule has 0 spiro atoms. The van der Waals surface area contributed by atoms with Crippen LogP contribution in [0.4, 0.5) is 0 Å². The van der Waals surface area contributed by atoms with E-state index in [0.717, 1.165) is 6.42 Å². The molecule has 0 saturated carbocycles. The van der Waals surface area contributed by atoms with Crippen molar-refractivity contribution in [3.8, 4) is 0 Å². The van der Waals surface area contributed by atoms with Crippen LogP contribution in [0.15, 0.2) is 12.3 Å². The lowest BCUT2D eigenvalue weighted by atomic mass is 9.93. The molecule has 0 amide bonds. The van der Waals surface area contributed by atoms with E-state index in [-0.39, 0.29) is 17.3 Å². The van der Waals surface area contributed by atoms with E-state index in [0.29, 0.717) is 24.4 Å². The van der Waals surface area contributed by atoms with Gasteiger partial charge in [0, 0.05) is 26.0 Å². The first-order valence-electron chi connectivity index (χ1n) is 6.48. The molecule has 2 aromatic heterocycles. The van der Waals surface area contributed by atoms with Crippen LogP contribution < -0.4 is 0 Å². The van der Waals surface area contributed by atoms with Gasteiger partial charge in [-0.1, -0.05) is 11.6 Å². The van der Waals surface area contributed by atoms with Crippen LogP contribution in [0, 0.1) is 0 Å². The highest BCUT2D eigenvalue weighted by molar-refractivity contribution is 6.29. The fourth-order valence-corrected chi connectivity index (χ4v) is 2.97. The number of carboxylic acids is 1. The molecule has 1 unspecified atom stereocenters. The second kappa shape index (κ2) is 5.25. The monoisotopic (exact) mass is 311 g/mol. The number of carboxylic acid groups (broad SMARTS) is 1. The highest BCUT2D eigenvalue weighted by Crippen LogP contribution is 2.38. The number of aromatic nitrogens is 3. The minimum atomic E-state index is -1.09. The summed E-state index contributed by atoms with van der Waals surface area (Å²) >= 11 is 5.92. The number of halogens is 1. The Balaban J connectivity index is 2.31. The highest BCUT2D eigenvalue weighted by atomic mass is 35.5. The lowest BCUT2D eigenvalue weighted by Gasteiger charge is -2.29. The van der Waals surface area contributed by atoms with Gasteiger partial charge < -0.3 is 14.6 Å². The summed E-state index contributed by atoms with van der Waals surface area (Å²) in [5.74, 6) is -1.09. The van der Waals surface area contributed by atoms with E-state index in [2.05, 4.69) is 10.1 Å². The van der Waals surface area contributed by atoms with Crippen LogP contribution in [0.2, 0.25) is 5.15 Å². The molecule has 1 aliphatic rings. The van der Waals surface area contributed by atoms with E-state index in [4.69, 9.17) is 21.1 Å². The quantitative estimate of drug-likeness (QED) is 0.925. The van der Waals surface area contributed by atoms with Crippen LogP contribution in [0.1, 0.15) is 28.9 Å². The zero-order valence-electron chi connectivity index (χ0n) is 11.4. The summed E-state index contributed by atoms with van der Waals surface area (Å²) in [7, 11) is 1.55. The molecule has 0 aromatic carbocycles. The standard InChI is InChI=1S/C13H14ClN3O4/c1-20-7-13(3-2-4-21-13)11-8(12(18)19)6-15-10-5-9(14)16-17(10)11/h5-6H,2-4,7H2,1H3,(H,18,19). The first kappa shape index (κ1) is 14.2. The molecule has 1 fully saturated rings. The number of hydrogen-bond donors (Lipinski definition) is 1.